The van der Waals surface area contributed by atoms with E-state index in [4.69, 9.17) is 4.74 Å². The molecular formula is C18H27FN2O2. The van der Waals surface area contributed by atoms with E-state index in [0.29, 0.717) is 5.75 Å². The number of ether oxygens (including phenoxy) is 1. The van der Waals surface area contributed by atoms with Gasteiger partial charge in [-0.25, -0.2) is 4.39 Å². The third-order valence-corrected chi connectivity index (χ3v) is 5.09. The Morgan fingerprint density at radius 3 is 2.61 bits per heavy atom. The van der Waals surface area contributed by atoms with Gasteiger partial charge in [-0.15, -0.1) is 0 Å². The van der Waals surface area contributed by atoms with Gasteiger partial charge in [0.1, 0.15) is 23.8 Å². The number of aliphatic hydroxyl groups is 1. The van der Waals surface area contributed by atoms with Gasteiger partial charge in [0.05, 0.1) is 0 Å². The highest BCUT2D eigenvalue weighted by atomic mass is 19.1. The van der Waals surface area contributed by atoms with Crippen LogP contribution in [0.15, 0.2) is 24.3 Å². The predicted octanol–water partition coefficient (Wildman–Crippen LogP) is 2.12. The van der Waals surface area contributed by atoms with E-state index < -0.39 is 6.10 Å². The maximum absolute atomic E-state index is 13.0. The minimum absolute atomic E-state index is 0.167. The van der Waals surface area contributed by atoms with Crippen molar-refractivity contribution in [3.8, 4) is 5.75 Å². The highest BCUT2D eigenvalue weighted by Gasteiger charge is 2.37. The summed E-state index contributed by atoms with van der Waals surface area (Å²) in [5.41, 5.74) is 0. The average Bonchev–Trinajstić information content (AvgIpc) is 2.76. The van der Waals surface area contributed by atoms with Gasteiger partial charge in [0.2, 0.25) is 0 Å². The molecule has 4 nitrogen and oxygen atoms in total. The van der Waals surface area contributed by atoms with Crippen LogP contribution in [-0.2, 0) is 0 Å². The molecule has 0 unspecified atom stereocenters. The summed E-state index contributed by atoms with van der Waals surface area (Å²) in [7, 11) is 2.15. The Labute approximate surface area is 137 Å². The first-order valence-electron chi connectivity index (χ1n) is 8.66. The highest BCUT2D eigenvalue weighted by Crippen LogP contribution is 2.28. The minimum atomic E-state index is -0.489. The van der Waals surface area contributed by atoms with Gasteiger partial charge >= 0.3 is 0 Å². The molecule has 3 rings (SSSR count). The molecule has 0 aromatic heterocycles. The molecule has 2 fully saturated rings. The van der Waals surface area contributed by atoms with Crippen LogP contribution in [0.25, 0.3) is 0 Å². The number of benzene rings is 1. The van der Waals surface area contributed by atoms with Crippen LogP contribution < -0.4 is 4.74 Å². The summed E-state index contributed by atoms with van der Waals surface area (Å²) in [4.78, 5) is 4.77. The first-order valence-corrected chi connectivity index (χ1v) is 8.66. The number of nitrogens with zero attached hydrogens (tertiary/aromatic N) is 2. The van der Waals surface area contributed by atoms with E-state index >= 15 is 0 Å². The van der Waals surface area contributed by atoms with Gasteiger partial charge in [0.15, 0.2) is 0 Å². The molecule has 1 aliphatic heterocycles. The standard InChI is InChI=1S/C18H27FN2O2/c1-20-10-3-11-21(13-12-20)16-4-2-5-17(18(16)22)23-15-8-6-14(19)7-9-15/h6-9,16-18,22H,2-5,10-13H2,1H3/t16-,17+,18+/m0/s1. The number of halogens is 1. The zero-order valence-corrected chi connectivity index (χ0v) is 13.8. The van der Waals surface area contributed by atoms with E-state index in [-0.39, 0.29) is 18.0 Å². The molecule has 0 amide bonds. The van der Waals surface area contributed by atoms with Crippen LogP contribution in [0, 0.1) is 5.82 Å². The molecule has 1 saturated carbocycles. The van der Waals surface area contributed by atoms with E-state index in [1.807, 2.05) is 0 Å². The molecular weight excluding hydrogens is 295 g/mol. The molecule has 5 heteroatoms. The van der Waals surface area contributed by atoms with Crippen molar-refractivity contribution in [2.24, 2.45) is 0 Å². The molecule has 128 valence electrons. The van der Waals surface area contributed by atoms with E-state index in [1.54, 1.807) is 12.1 Å². The van der Waals surface area contributed by atoms with Crippen molar-refractivity contribution < 1.29 is 14.2 Å². The van der Waals surface area contributed by atoms with Crippen LogP contribution in [0.1, 0.15) is 25.7 Å². The van der Waals surface area contributed by atoms with Crippen LogP contribution >= 0.6 is 0 Å². The van der Waals surface area contributed by atoms with Gasteiger partial charge in [-0.05, 0) is 70.1 Å². The molecule has 1 N–H and O–H groups in total. The minimum Gasteiger partial charge on any atom is -0.488 e. The molecule has 1 aromatic rings. The summed E-state index contributed by atoms with van der Waals surface area (Å²) in [6, 6.07) is 6.22. The maximum atomic E-state index is 13.0. The summed E-state index contributed by atoms with van der Waals surface area (Å²) < 4.78 is 18.9. The molecule has 2 aliphatic rings. The zero-order valence-electron chi connectivity index (χ0n) is 13.8. The molecule has 1 saturated heterocycles. The molecule has 23 heavy (non-hydrogen) atoms. The van der Waals surface area contributed by atoms with Crippen molar-refractivity contribution in [1.82, 2.24) is 9.80 Å². The first kappa shape index (κ1) is 16.7. The Kier molecular flexibility index (Phi) is 5.51. The fourth-order valence-corrected chi connectivity index (χ4v) is 3.73. The first-order chi connectivity index (χ1) is 11.1. The Morgan fingerprint density at radius 1 is 1.04 bits per heavy atom. The number of hydrogen-bond acceptors (Lipinski definition) is 4. The largest absolute Gasteiger partial charge is 0.488 e. The third-order valence-electron chi connectivity index (χ3n) is 5.09. The second-order valence-electron chi connectivity index (χ2n) is 6.79. The van der Waals surface area contributed by atoms with Crippen molar-refractivity contribution >= 4 is 0 Å². The van der Waals surface area contributed by atoms with Crippen molar-refractivity contribution in [3.63, 3.8) is 0 Å². The lowest BCUT2D eigenvalue weighted by atomic mass is 9.88. The number of likely N-dealkylation sites (N-methyl/N-ethyl adjacent to an activating group) is 1. The lowest BCUT2D eigenvalue weighted by Gasteiger charge is -2.41. The van der Waals surface area contributed by atoms with Gasteiger partial charge in [0.25, 0.3) is 0 Å². The Bertz CT molecular complexity index is 496. The third kappa shape index (κ3) is 4.22. The van der Waals surface area contributed by atoms with Crippen LogP contribution in [0.4, 0.5) is 4.39 Å². The van der Waals surface area contributed by atoms with Gasteiger partial charge < -0.3 is 14.7 Å². The van der Waals surface area contributed by atoms with Gasteiger partial charge in [-0.1, -0.05) is 0 Å². The maximum Gasteiger partial charge on any atom is 0.126 e. The van der Waals surface area contributed by atoms with Crippen molar-refractivity contribution in [2.75, 3.05) is 33.2 Å². The number of rotatable bonds is 3. The average molecular weight is 322 g/mol. The number of aliphatic hydroxyl groups excluding tert-OH is 1. The van der Waals surface area contributed by atoms with Crippen LogP contribution in [-0.4, -0.2) is 66.4 Å². The SMILES string of the molecule is CN1CCCN([C@H]2CCC[C@@H](Oc3ccc(F)cc3)[C@@H]2O)CC1. The Balaban J connectivity index is 1.63. The van der Waals surface area contributed by atoms with E-state index in [0.717, 1.165) is 51.9 Å². The molecule has 0 bridgehead atoms. The summed E-state index contributed by atoms with van der Waals surface area (Å²) in [5.74, 6) is 0.361. The topological polar surface area (TPSA) is 35.9 Å². The van der Waals surface area contributed by atoms with E-state index in [9.17, 15) is 9.50 Å². The normalized spacial score (nSPS) is 30.8. The van der Waals surface area contributed by atoms with Gasteiger partial charge in [-0.3, -0.25) is 4.90 Å². The van der Waals surface area contributed by atoms with Crippen LogP contribution in [0.2, 0.25) is 0 Å². The summed E-state index contributed by atoms with van der Waals surface area (Å²) in [6.07, 6.45) is 3.37. The lowest BCUT2D eigenvalue weighted by Crippen LogP contribution is -2.53. The quantitative estimate of drug-likeness (QED) is 0.925. The monoisotopic (exact) mass is 322 g/mol. The van der Waals surface area contributed by atoms with Gasteiger partial charge in [-0.2, -0.15) is 0 Å². The second-order valence-corrected chi connectivity index (χ2v) is 6.79. The van der Waals surface area contributed by atoms with Crippen molar-refractivity contribution in [3.05, 3.63) is 30.1 Å². The Morgan fingerprint density at radius 2 is 1.83 bits per heavy atom. The molecule has 1 heterocycles. The van der Waals surface area contributed by atoms with Crippen molar-refractivity contribution in [1.29, 1.82) is 0 Å². The van der Waals surface area contributed by atoms with E-state index in [1.165, 1.54) is 12.1 Å². The second kappa shape index (κ2) is 7.60. The van der Waals surface area contributed by atoms with Crippen molar-refractivity contribution in [2.45, 2.75) is 43.9 Å². The fraction of sp³-hybridized carbons (Fsp3) is 0.667. The smallest absolute Gasteiger partial charge is 0.126 e. The fourth-order valence-electron chi connectivity index (χ4n) is 3.73. The van der Waals surface area contributed by atoms with E-state index in [2.05, 4.69) is 16.8 Å². The lowest BCUT2D eigenvalue weighted by molar-refractivity contribution is -0.0524. The summed E-state index contributed by atoms with van der Waals surface area (Å²) in [5, 5.41) is 10.8. The Hall–Kier alpha value is -1.17. The highest BCUT2D eigenvalue weighted by molar-refractivity contribution is 5.22. The number of hydrogen-bond donors (Lipinski definition) is 1. The molecule has 1 aromatic carbocycles. The summed E-state index contributed by atoms with van der Waals surface area (Å²) >= 11 is 0. The van der Waals surface area contributed by atoms with Gasteiger partial charge in [0, 0.05) is 19.1 Å². The molecule has 3 atom stereocenters. The predicted molar refractivity (Wildman–Crippen MR) is 88.1 cm³/mol. The summed E-state index contributed by atoms with van der Waals surface area (Å²) in [6.45, 7) is 4.21. The molecule has 0 radical (unpaired) electrons. The molecule has 0 spiro atoms. The molecule has 1 aliphatic carbocycles. The van der Waals surface area contributed by atoms with Crippen LogP contribution in [0.3, 0.4) is 0 Å². The zero-order chi connectivity index (χ0) is 16.2. The van der Waals surface area contributed by atoms with Crippen LogP contribution in [0.5, 0.6) is 5.75 Å².